The molecule has 1 aromatic heterocycles. The van der Waals surface area contributed by atoms with Gasteiger partial charge in [0.15, 0.2) is 5.96 Å². The molecule has 6 rings (SSSR count). The lowest BCUT2D eigenvalue weighted by molar-refractivity contribution is -0.159. The van der Waals surface area contributed by atoms with Crippen LogP contribution in [0, 0.1) is 17.2 Å². The number of likely N-dealkylation sites (N-methyl/N-ethyl adjacent to an activating group) is 1. The number of benzene rings is 3. The number of para-hydroxylation sites is 1. The van der Waals surface area contributed by atoms with Crippen molar-refractivity contribution >= 4 is 138 Å². The highest BCUT2D eigenvalue weighted by molar-refractivity contribution is 9.10. The molecule has 0 radical (unpaired) electrons. The number of rotatable bonds is 36. The summed E-state index contributed by atoms with van der Waals surface area (Å²) in [5.74, 6) is -20.1. The molecule has 0 saturated carbocycles. The van der Waals surface area contributed by atoms with E-state index in [2.05, 4.69) is 84.7 Å². The summed E-state index contributed by atoms with van der Waals surface area (Å²) in [6.45, 7) is 7.82. The van der Waals surface area contributed by atoms with Crippen molar-refractivity contribution in [3.05, 3.63) is 106 Å². The Bertz CT molecular complexity index is 4300. The second-order valence-corrected chi connectivity index (χ2v) is 30.7. The van der Waals surface area contributed by atoms with Crippen LogP contribution in [0.25, 0.3) is 10.9 Å². The number of primary amides is 2. The first-order chi connectivity index (χ1) is 53.7. The van der Waals surface area contributed by atoms with Crippen LogP contribution in [0.5, 0.6) is 0 Å². The number of hydrogen-bond acceptors (Lipinski definition) is 21. The number of fused-ring (bicyclic) bond motifs is 1. The third-order valence-corrected chi connectivity index (χ3v) is 20.1. The highest BCUT2D eigenvalue weighted by Gasteiger charge is 2.44. The quantitative estimate of drug-likeness (QED) is 0.00510. The Morgan fingerprint density at radius 1 is 0.711 bits per heavy atom. The maximum absolute atomic E-state index is 15.2. The normalized spacial score (nSPS) is 19.6. The Kier molecular flexibility index (Phi) is 34.3. The number of nitrogens with zero attached hydrogens (tertiary/aromatic N) is 2. The van der Waals surface area contributed by atoms with Gasteiger partial charge >= 0.3 is 5.97 Å². The molecule has 2 saturated heterocycles. The minimum Gasteiger partial charge on any atom is -0.748 e. The third-order valence-electron chi connectivity index (χ3n) is 18.8. The van der Waals surface area contributed by atoms with Crippen molar-refractivity contribution in [3.63, 3.8) is 0 Å². The Balaban J connectivity index is 1.32. The fourth-order valence-corrected chi connectivity index (χ4v) is 13.6. The molecule has 2 aliphatic rings. The van der Waals surface area contributed by atoms with E-state index in [0.717, 1.165) is 18.4 Å². The van der Waals surface area contributed by atoms with Gasteiger partial charge in [0.25, 0.3) is 0 Å². The van der Waals surface area contributed by atoms with Gasteiger partial charge in [0, 0.05) is 67.4 Å². The summed E-state index contributed by atoms with van der Waals surface area (Å²) < 4.78 is 44.9. The van der Waals surface area contributed by atoms with Crippen molar-refractivity contribution in [2.45, 2.75) is 184 Å². The van der Waals surface area contributed by atoms with Crippen molar-refractivity contribution in [2.24, 2.45) is 29.0 Å². The second kappa shape index (κ2) is 42.9. The van der Waals surface area contributed by atoms with E-state index in [-0.39, 0.29) is 45.2 Å². The number of carbonyl (C=O) groups is 16. The average Bonchev–Trinajstić information content (AvgIpc) is 1.31. The molecule has 620 valence electrons. The number of H-pyrrole nitrogens is 1. The van der Waals surface area contributed by atoms with Crippen LogP contribution in [0.2, 0.25) is 0 Å². The molecular weight excluding hydrogens is 1570 g/mol. The number of halogens is 1. The largest absolute Gasteiger partial charge is 0.748 e. The van der Waals surface area contributed by atoms with Gasteiger partial charge in [-0.2, -0.15) is 0 Å². The number of carbonyl (C=O) groups excluding carboxylic acids is 16. The lowest BCUT2D eigenvalue weighted by atomic mass is 9.98. The summed E-state index contributed by atoms with van der Waals surface area (Å²) in [6.07, 6.45) is -2.97. The van der Waals surface area contributed by atoms with Gasteiger partial charge in [-0.15, -0.1) is 0 Å². The van der Waals surface area contributed by atoms with E-state index in [1.807, 2.05) is 0 Å². The maximum atomic E-state index is 15.2. The minimum absolute atomic E-state index is 0.00475. The molecule has 13 atom stereocenters. The Morgan fingerprint density at radius 2 is 1.32 bits per heavy atom. The topological polar surface area (TPSA) is 608 Å². The van der Waals surface area contributed by atoms with E-state index in [0.29, 0.717) is 45.3 Å². The highest BCUT2D eigenvalue weighted by Crippen LogP contribution is 2.24. The Morgan fingerprint density at radius 3 is 1.96 bits per heavy atom. The predicted octanol–water partition coefficient (Wildman–Crippen LogP) is -4.40. The Labute approximate surface area is 665 Å². The van der Waals surface area contributed by atoms with Gasteiger partial charge < -0.3 is 105 Å². The molecule has 0 unspecified atom stereocenters. The SMILES string of the molecule is CC(C)[C@H](NC(=O)[C@H](NC(=O)[C@@H]1CCCN1C(=O)[C@H](Cc1ccc(Br)cc1)NC(=O)[C@H](C)NC=O)C(C)C)C(=O)N[C@H](Cc1c[nH]c2ccccc12)C(=O)N[C@@H](CCCNC(=N)N)C(=O)N[C@H](CS(=O)(=O)[O-])C(=O)N[C@@H]1C(=O)N(C)[C@@H](CCC(N)=O)C(=O)N[C@H](Cc2ccccc2)C(=O)NCC(=O)N[C@H](CC(N)=O)C(=O)O[C@@H]1C. The maximum Gasteiger partial charge on any atom is 0.329 e. The number of likely N-dealkylation sites (tertiary alicyclic amines) is 1. The number of hydrogen-bond donors (Lipinski definition) is 17. The molecule has 0 aliphatic carbocycles. The third kappa shape index (κ3) is 27.6. The Hall–Kier alpha value is -11.6. The molecule has 41 heteroatoms. The predicted molar refractivity (Wildman–Crippen MR) is 412 cm³/mol. The van der Waals surface area contributed by atoms with E-state index in [1.165, 1.54) is 18.0 Å². The van der Waals surface area contributed by atoms with Crippen molar-refractivity contribution in [2.75, 3.05) is 32.4 Å². The number of aromatic nitrogens is 1. The lowest BCUT2D eigenvalue weighted by Crippen LogP contribution is -2.63. The van der Waals surface area contributed by atoms with Gasteiger partial charge in [0.1, 0.15) is 78.6 Å². The summed E-state index contributed by atoms with van der Waals surface area (Å²) in [7, 11) is -4.66. The summed E-state index contributed by atoms with van der Waals surface area (Å²) in [6, 6.07) is 1.88. The summed E-state index contributed by atoms with van der Waals surface area (Å²) >= 11 is 3.38. The van der Waals surface area contributed by atoms with Crippen molar-refractivity contribution in [1.29, 1.82) is 5.41 Å². The second-order valence-electron chi connectivity index (χ2n) is 28.4. The molecule has 20 N–H and O–H groups in total. The number of guanidine groups is 1. The first-order valence-electron chi connectivity index (χ1n) is 36.6. The zero-order valence-corrected chi connectivity index (χ0v) is 66.2. The van der Waals surface area contributed by atoms with Crippen LogP contribution in [0.3, 0.4) is 0 Å². The molecule has 4 aromatic rings. The molecular formula is C73H99BrN19O20S-. The van der Waals surface area contributed by atoms with Gasteiger partial charge in [-0.25, -0.2) is 13.2 Å². The number of nitrogens with two attached hydrogens (primary N) is 3. The average molecular weight is 1670 g/mol. The molecule has 114 heavy (non-hydrogen) atoms. The molecule has 3 aromatic carbocycles. The van der Waals surface area contributed by atoms with Gasteiger partial charge in [-0.05, 0) is 92.7 Å². The molecule has 0 spiro atoms. The van der Waals surface area contributed by atoms with E-state index >= 15 is 9.59 Å². The zero-order valence-electron chi connectivity index (χ0n) is 63.8. The molecule has 3 heterocycles. The molecule has 2 fully saturated rings. The van der Waals surface area contributed by atoms with E-state index < -0.39 is 233 Å². The van der Waals surface area contributed by atoms with E-state index in [4.69, 9.17) is 27.3 Å². The summed E-state index contributed by atoms with van der Waals surface area (Å²) in [5, 5.41) is 37.9. The van der Waals surface area contributed by atoms with Crippen LogP contribution in [0.15, 0.2) is 89.5 Å². The summed E-state index contributed by atoms with van der Waals surface area (Å²) in [4.78, 5) is 229. The standard InChI is InChI=1S/C73H100BrN19O20S/c1-37(2)58(90-69(106)59(38(3)4)89-67(104)54-20-14-28-93(54)70(107)50(87-61(98)39(5)82-36-94)30-42-21-23-44(74)24-22-42)68(105)86-49(31-43-33-80-46-18-12-11-17-45(43)46)64(101)84-47(19-13-27-79-73(77)78)63(100)88-52(35-114(110,111)112)65(102)91-60-40(6)113-72(109)51(32-56(76)96)83-57(97)34-81-62(99)48(29-41-15-9-8-10-16-41)85-66(103)53(25-26-55(75)95)92(7)71(60)108/h8-12,15-18,21-24,33,36-40,47-54,58-60,80H,13-14,19-20,25-32,34-35H2,1-7H3,(H2,75,95)(H2,76,96)(H,81,99)(H,82,94)(H,83,97)(H,84,101)(H,85,103)(H,86,105)(H,87,98)(H,88,100)(H,89,104)(H,90,106)(H,91,102)(H4,77,78,79)(H,110,111,112)/p-1/t39-,40+,47-,48+,49+,50-,51+,52+,53-,54-,58-,59+,60-/m0/s1. The van der Waals surface area contributed by atoms with Crippen LogP contribution < -0.4 is 81.0 Å². The fourth-order valence-electron chi connectivity index (χ4n) is 12.7. The first kappa shape index (κ1) is 91.3. The monoisotopic (exact) mass is 1670 g/mol. The minimum atomic E-state index is -5.65. The van der Waals surface area contributed by atoms with Crippen LogP contribution >= 0.6 is 15.9 Å². The number of amides is 15. The number of aromatic amines is 1. The lowest BCUT2D eigenvalue weighted by Gasteiger charge is -2.35. The van der Waals surface area contributed by atoms with Crippen molar-refractivity contribution in [1.82, 2.24) is 78.6 Å². The summed E-state index contributed by atoms with van der Waals surface area (Å²) in [5.41, 5.74) is 18.6. The van der Waals surface area contributed by atoms with Crippen LogP contribution in [0.1, 0.15) is 103 Å². The molecule has 15 amide bonds. The fraction of sp³-hybridized carbons (Fsp3) is 0.493. The van der Waals surface area contributed by atoms with Crippen LogP contribution in [-0.2, 0) is 111 Å². The van der Waals surface area contributed by atoms with Gasteiger partial charge in [-0.3, -0.25) is 77.3 Å². The number of cyclic esters (lactones) is 1. The molecule has 39 nitrogen and oxygen atoms in total. The van der Waals surface area contributed by atoms with Gasteiger partial charge in [-0.1, -0.05) is 104 Å². The van der Waals surface area contributed by atoms with E-state index in [9.17, 15) is 80.1 Å². The van der Waals surface area contributed by atoms with E-state index in [1.54, 1.807) is 107 Å². The van der Waals surface area contributed by atoms with Gasteiger partial charge in [0.05, 0.1) is 28.8 Å². The number of esters is 1. The first-order valence-corrected chi connectivity index (χ1v) is 39.0. The zero-order chi connectivity index (χ0) is 84.4. The van der Waals surface area contributed by atoms with Crippen molar-refractivity contribution < 1.29 is 94.4 Å². The van der Waals surface area contributed by atoms with Gasteiger partial charge in [0.2, 0.25) is 89.1 Å². The van der Waals surface area contributed by atoms with Crippen LogP contribution in [-0.4, -0.2) is 240 Å². The van der Waals surface area contributed by atoms with Crippen LogP contribution in [0.4, 0.5) is 0 Å². The highest BCUT2D eigenvalue weighted by atomic mass is 79.9. The molecule has 0 bridgehead atoms. The van der Waals surface area contributed by atoms with Crippen molar-refractivity contribution in [3.8, 4) is 0 Å². The number of nitrogens with one attached hydrogen (secondary N) is 14. The molecule has 2 aliphatic heterocycles. The smallest absolute Gasteiger partial charge is 0.329 e. The number of ether oxygens (including phenoxy) is 1.